The molecule has 0 radical (unpaired) electrons. The lowest BCUT2D eigenvalue weighted by Gasteiger charge is -2.33. The molecule has 0 atom stereocenters. The number of aryl methyl sites for hydroxylation is 3. The fraction of sp³-hybridized carbons (Fsp3) is 0.435. The van der Waals surface area contributed by atoms with Gasteiger partial charge in [-0.25, -0.2) is 8.42 Å². The largest absolute Gasteiger partial charge is 0.324 e. The predicted molar refractivity (Wildman–Crippen MR) is 132 cm³/mol. The van der Waals surface area contributed by atoms with Crippen LogP contribution in [0.2, 0.25) is 15.1 Å². The third-order valence-corrected chi connectivity index (χ3v) is 8.98. The average Bonchev–Trinajstić information content (AvgIpc) is 2.69. The molecule has 0 unspecified atom stereocenters. The van der Waals surface area contributed by atoms with Crippen molar-refractivity contribution in [2.75, 3.05) is 11.9 Å². The maximum atomic E-state index is 13.8. The number of rotatable bonds is 6. The van der Waals surface area contributed by atoms with Crippen molar-refractivity contribution < 1.29 is 13.2 Å². The first-order chi connectivity index (χ1) is 15.0. The molecule has 0 spiro atoms. The number of carbonyl (C=O) groups excluding carboxylic acids is 1. The van der Waals surface area contributed by atoms with Crippen LogP contribution in [-0.4, -0.2) is 31.2 Å². The zero-order valence-corrected chi connectivity index (χ0v) is 21.4. The zero-order chi connectivity index (χ0) is 23.6. The lowest BCUT2D eigenvalue weighted by atomic mass is 9.95. The summed E-state index contributed by atoms with van der Waals surface area (Å²) in [4.78, 5) is 13.2. The summed E-state index contributed by atoms with van der Waals surface area (Å²) >= 11 is 18.2. The van der Waals surface area contributed by atoms with Gasteiger partial charge in [0.1, 0.15) is 0 Å². The summed E-state index contributed by atoms with van der Waals surface area (Å²) in [5, 5.41) is 3.43. The van der Waals surface area contributed by atoms with Gasteiger partial charge in [0.15, 0.2) is 0 Å². The first-order valence-corrected chi connectivity index (χ1v) is 13.1. The number of hydrogen-bond acceptors (Lipinski definition) is 3. The van der Waals surface area contributed by atoms with E-state index in [1.807, 2.05) is 19.1 Å². The third-order valence-electron chi connectivity index (χ3n) is 5.74. The van der Waals surface area contributed by atoms with Crippen molar-refractivity contribution in [3.05, 3.63) is 56.0 Å². The molecule has 5 nitrogen and oxygen atoms in total. The molecule has 174 valence electrons. The fourth-order valence-corrected chi connectivity index (χ4v) is 7.07. The maximum Gasteiger partial charge on any atom is 0.244 e. The number of amides is 1. The number of carbonyl (C=O) groups is 1. The quantitative estimate of drug-likeness (QED) is 0.443. The summed E-state index contributed by atoms with van der Waals surface area (Å²) in [6.07, 6.45) is 4.39. The fourth-order valence-electron chi connectivity index (χ4n) is 4.42. The number of anilines is 1. The molecule has 3 rings (SSSR count). The van der Waals surface area contributed by atoms with Crippen LogP contribution in [0.3, 0.4) is 0 Å². The van der Waals surface area contributed by atoms with Crippen LogP contribution in [0, 0.1) is 20.8 Å². The highest BCUT2D eigenvalue weighted by Crippen LogP contribution is 2.34. The van der Waals surface area contributed by atoms with Crippen molar-refractivity contribution in [2.24, 2.45) is 0 Å². The van der Waals surface area contributed by atoms with Crippen molar-refractivity contribution in [2.45, 2.75) is 63.8 Å². The third kappa shape index (κ3) is 5.60. The molecule has 0 aromatic heterocycles. The van der Waals surface area contributed by atoms with E-state index < -0.39 is 15.9 Å². The molecule has 0 heterocycles. The van der Waals surface area contributed by atoms with Crippen molar-refractivity contribution in [1.29, 1.82) is 0 Å². The summed E-state index contributed by atoms with van der Waals surface area (Å²) in [6.45, 7) is 5.21. The van der Waals surface area contributed by atoms with Gasteiger partial charge in [0.05, 0.1) is 32.2 Å². The Morgan fingerprint density at radius 3 is 2.09 bits per heavy atom. The van der Waals surface area contributed by atoms with E-state index in [1.54, 1.807) is 13.8 Å². The second-order valence-corrected chi connectivity index (χ2v) is 11.4. The number of hydrogen-bond donors (Lipinski definition) is 1. The molecular weight excluding hydrogens is 491 g/mol. The van der Waals surface area contributed by atoms with Crippen LogP contribution in [-0.2, 0) is 14.8 Å². The van der Waals surface area contributed by atoms with Gasteiger partial charge in [0.25, 0.3) is 0 Å². The molecule has 1 aliphatic rings. The van der Waals surface area contributed by atoms with Gasteiger partial charge in [-0.05, 0) is 56.9 Å². The lowest BCUT2D eigenvalue weighted by molar-refractivity contribution is -0.116. The van der Waals surface area contributed by atoms with Crippen molar-refractivity contribution in [3.63, 3.8) is 0 Å². The Morgan fingerprint density at radius 2 is 1.50 bits per heavy atom. The Bertz CT molecular complexity index is 1110. The molecule has 0 aliphatic heterocycles. The highest BCUT2D eigenvalue weighted by molar-refractivity contribution is 7.89. The van der Waals surface area contributed by atoms with E-state index in [9.17, 15) is 13.2 Å². The molecule has 0 bridgehead atoms. The molecule has 2 aromatic rings. The van der Waals surface area contributed by atoms with Gasteiger partial charge in [-0.1, -0.05) is 71.8 Å². The van der Waals surface area contributed by atoms with Gasteiger partial charge in [-0.2, -0.15) is 4.31 Å². The molecule has 1 aliphatic carbocycles. The van der Waals surface area contributed by atoms with Gasteiger partial charge in [0.2, 0.25) is 15.9 Å². The number of halogens is 3. The van der Waals surface area contributed by atoms with Crippen LogP contribution in [0.5, 0.6) is 0 Å². The standard InChI is InChI=1S/C23H27Cl3N2O3S/c1-14-9-15(2)23(16(3)10-14)32(30,31)28(17-7-5-4-6-8-17)13-22(29)27-21-12-19(25)18(24)11-20(21)26/h9-12,17H,4-8,13H2,1-3H3,(H,27,29). The van der Waals surface area contributed by atoms with Gasteiger partial charge in [-0.3, -0.25) is 4.79 Å². The smallest absolute Gasteiger partial charge is 0.244 e. The number of nitrogens with zero attached hydrogens (tertiary/aromatic N) is 1. The van der Waals surface area contributed by atoms with E-state index in [0.29, 0.717) is 11.1 Å². The van der Waals surface area contributed by atoms with Gasteiger partial charge in [0, 0.05) is 6.04 Å². The molecular formula is C23H27Cl3N2O3S. The van der Waals surface area contributed by atoms with Gasteiger partial charge in [-0.15, -0.1) is 0 Å². The first kappa shape index (κ1) is 25.3. The number of nitrogens with one attached hydrogen (secondary N) is 1. The van der Waals surface area contributed by atoms with E-state index >= 15 is 0 Å². The maximum absolute atomic E-state index is 13.8. The van der Waals surface area contributed by atoms with Crippen LogP contribution in [0.25, 0.3) is 0 Å². The van der Waals surface area contributed by atoms with Crippen LogP contribution in [0.1, 0.15) is 48.8 Å². The van der Waals surface area contributed by atoms with Gasteiger partial charge >= 0.3 is 0 Å². The molecule has 32 heavy (non-hydrogen) atoms. The number of sulfonamides is 1. The topological polar surface area (TPSA) is 66.5 Å². The minimum Gasteiger partial charge on any atom is -0.324 e. The second kappa shape index (κ2) is 10.3. The van der Waals surface area contributed by atoms with Crippen LogP contribution in [0.4, 0.5) is 5.69 Å². The molecule has 1 amide bonds. The number of benzene rings is 2. The normalized spacial score (nSPS) is 15.2. The van der Waals surface area contributed by atoms with Crippen molar-refractivity contribution >= 4 is 56.4 Å². The van der Waals surface area contributed by atoms with E-state index in [2.05, 4.69) is 5.32 Å². The highest BCUT2D eigenvalue weighted by Gasteiger charge is 2.35. The van der Waals surface area contributed by atoms with E-state index in [0.717, 1.165) is 37.7 Å². The Morgan fingerprint density at radius 1 is 0.938 bits per heavy atom. The summed E-state index contributed by atoms with van der Waals surface area (Å²) in [7, 11) is -3.90. The second-order valence-electron chi connectivity index (χ2n) is 8.36. The zero-order valence-electron chi connectivity index (χ0n) is 18.3. The lowest BCUT2D eigenvalue weighted by Crippen LogP contribution is -2.46. The Kier molecular flexibility index (Phi) is 8.16. The molecule has 1 N–H and O–H groups in total. The summed E-state index contributed by atoms with van der Waals surface area (Å²) in [6, 6.07) is 6.38. The Balaban J connectivity index is 1.95. The Hall–Kier alpha value is -1.31. The van der Waals surface area contributed by atoms with E-state index in [-0.39, 0.29) is 38.2 Å². The molecule has 2 aromatic carbocycles. The SMILES string of the molecule is Cc1cc(C)c(S(=O)(=O)N(CC(=O)Nc2cc(Cl)c(Cl)cc2Cl)C2CCCCC2)c(C)c1. The summed E-state index contributed by atoms with van der Waals surface area (Å²) < 4.78 is 29.0. The van der Waals surface area contributed by atoms with E-state index in [4.69, 9.17) is 34.8 Å². The van der Waals surface area contributed by atoms with Gasteiger partial charge < -0.3 is 5.32 Å². The molecule has 0 saturated heterocycles. The monoisotopic (exact) mass is 516 g/mol. The molecule has 1 saturated carbocycles. The predicted octanol–water partition coefficient (Wildman–Crippen LogP) is 6.53. The highest BCUT2D eigenvalue weighted by atomic mass is 35.5. The van der Waals surface area contributed by atoms with Crippen molar-refractivity contribution in [3.8, 4) is 0 Å². The Labute approximate surface area is 205 Å². The molecule has 1 fully saturated rings. The molecule has 9 heteroatoms. The minimum atomic E-state index is -3.90. The minimum absolute atomic E-state index is 0.227. The van der Waals surface area contributed by atoms with E-state index in [1.165, 1.54) is 16.4 Å². The van der Waals surface area contributed by atoms with Crippen LogP contribution >= 0.6 is 34.8 Å². The van der Waals surface area contributed by atoms with Crippen LogP contribution < -0.4 is 5.32 Å². The van der Waals surface area contributed by atoms with Crippen LogP contribution in [0.15, 0.2) is 29.2 Å². The average molecular weight is 518 g/mol. The summed E-state index contributed by atoms with van der Waals surface area (Å²) in [5.41, 5.74) is 2.64. The first-order valence-electron chi connectivity index (χ1n) is 10.5. The summed E-state index contributed by atoms with van der Waals surface area (Å²) in [5.74, 6) is -0.484. The van der Waals surface area contributed by atoms with Crippen molar-refractivity contribution in [1.82, 2.24) is 4.31 Å².